The van der Waals surface area contributed by atoms with Crippen molar-refractivity contribution in [3.8, 4) is 0 Å². The van der Waals surface area contributed by atoms with Crippen LogP contribution in [0.15, 0.2) is 18.2 Å². The minimum Gasteiger partial charge on any atom is -0.334 e. The van der Waals surface area contributed by atoms with Gasteiger partial charge in [0.05, 0.1) is 0 Å². The normalized spacial score (nSPS) is 19.3. The smallest absolute Gasteiger partial charge is 0.317 e. The number of nitrogens with zero attached hydrogens (tertiary/aromatic N) is 1. The van der Waals surface area contributed by atoms with Gasteiger partial charge in [0.25, 0.3) is 0 Å². The molecule has 2 rings (SSSR count). The maximum atomic E-state index is 12.1. The molecule has 1 unspecified atom stereocenters. The van der Waals surface area contributed by atoms with E-state index in [0.29, 0.717) is 12.5 Å². The number of amides is 2. The molecular formula is C16H24N2O. The molecule has 1 aromatic rings. The molecule has 1 aromatic carbocycles. The molecule has 1 fully saturated rings. The average Bonchev–Trinajstić information content (AvgIpc) is 2.37. The lowest BCUT2D eigenvalue weighted by atomic mass is 10.0. The van der Waals surface area contributed by atoms with E-state index in [2.05, 4.69) is 44.3 Å². The topological polar surface area (TPSA) is 32.3 Å². The number of likely N-dealkylation sites (tertiary alicyclic amines) is 1. The quantitative estimate of drug-likeness (QED) is 0.870. The number of hydrogen-bond acceptors (Lipinski definition) is 1. The standard InChI is InChI=1S/C16H24N2O/c1-12-6-7-15(14(3)9-12)10-17-16(19)18-8-4-5-13(2)11-18/h6-7,9,13H,4-5,8,10-11H2,1-3H3,(H,17,19). The molecule has 0 aromatic heterocycles. The van der Waals surface area contributed by atoms with E-state index in [1.807, 2.05) is 4.90 Å². The number of rotatable bonds is 2. The van der Waals surface area contributed by atoms with Gasteiger partial charge in [-0.1, -0.05) is 30.7 Å². The van der Waals surface area contributed by atoms with Gasteiger partial charge in [-0.3, -0.25) is 0 Å². The maximum Gasteiger partial charge on any atom is 0.317 e. The Morgan fingerprint density at radius 1 is 1.42 bits per heavy atom. The summed E-state index contributed by atoms with van der Waals surface area (Å²) in [5, 5.41) is 3.04. The van der Waals surface area contributed by atoms with Gasteiger partial charge in [0.15, 0.2) is 0 Å². The Labute approximate surface area is 116 Å². The van der Waals surface area contributed by atoms with Crippen molar-refractivity contribution < 1.29 is 4.79 Å². The lowest BCUT2D eigenvalue weighted by molar-refractivity contribution is 0.169. The highest BCUT2D eigenvalue weighted by molar-refractivity contribution is 5.74. The third-order valence-electron chi connectivity index (χ3n) is 3.87. The lowest BCUT2D eigenvalue weighted by Crippen LogP contribution is -2.44. The van der Waals surface area contributed by atoms with Gasteiger partial charge in [-0.05, 0) is 43.7 Å². The van der Waals surface area contributed by atoms with Gasteiger partial charge in [-0.15, -0.1) is 0 Å². The van der Waals surface area contributed by atoms with E-state index in [-0.39, 0.29) is 6.03 Å². The van der Waals surface area contributed by atoms with E-state index in [1.54, 1.807) is 0 Å². The molecule has 1 saturated heterocycles. The molecule has 0 saturated carbocycles. The van der Waals surface area contributed by atoms with Crippen LogP contribution in [0.2, 0.25) is 0 Å². The Morgan fingerprint density at radius 2 is 2.21 bits per heavy atom. The SMILES string of the molecule is Cc1ccc(CNC(=O)N2CCCC(C)C2)c(C)c1. The van der Waals surface area contributed by atoms with Crippen LogP contribution in [0.5, 0.6) is 0 Å². The molecule has 1 N–H and O–H groups in total. The van der Waals surface area contributed by atoms with Gasteiger partial charge in [0, 0.05) is 19.6 Å². The van der Waals surface area contributed by atoms with Crippen molar-refractivity contribution in [1.29, 1.82) is 0 Å². The van der Waals surface area contributed by atoms with E-state index >= 15 is 0 Å². The van der Waals surface area contributed by atoms with Gasteiger partial charge in [-0.2, -0.15) is 0 Å². The van der Waals surface area contributed by atoms with E-state index < -0.39 is 0 Å². The monoisotopic (exact) mass is 260 g/mol. The predicted octanol–water partition coefficient (Wildman–Crippen LogP) is 3.24. The van der Waals surface area contributed by atoms with Crippen LogP contribution >= 0.6 is 0 Å². The largest absolute Gasteiger partial charge is 0.334 e. The van der Waals surface area contributed by atoms with Crippen LogP contribution in [-0.2, 0) is 6.54 Å². The van der Waals surface area contributed by atoms with Crippen LogP contribution in [0.3, 0.4) is 0 Å². The summed E-state index contributed by atoms with van der Waals surface area (Å²) in [7, 11) is 0. The molecule has 0 aliphatic carbocycles. The summed E-state index contributed by atoms with van der Waals surface area (Å²) in [5.74, 6) is 0.626. The summed E-state index contributed by atoms with van der Waals surface area (Å²) in [4.78, 5) is 14.1. The first-order valence-electron chi connectivity index (χ1n) is 7.15. The van der Waals surface area contributed by atoms with Crippen molar-refractivity contribution in [2.24, 2.45) is 5.92 Å². The van der Waals surface area contributed by atoms with Crippen LogP contribution in [-0.4, -0.2) is 24.0 Å². The predicted molar refractivity (Wildman–Crippen MR) is 78.1 cm³/mol. The Morgan fingerprint density at radius 3 is 2.89 bits per heavy atom. The molecule has 0 radical (unpaired) electrons. The van der Waals surface area contributed by atoms with Gasteiger partial charge in [0.2, 0.25) is 0 Å². The van der Waals surface area contributed by atoms with Crippen molar-refractivity contribution in [3.05, 3.63) is 34.9 Å². The first-order chi connectivity index (χ1) is 9.06. The average molecular weight is 260 g/mol. The van der Waals surface area contributed by atoms with Gasteiger partial charge in [-0.25, -0.2) is 4.79 Å². The van der Waals surface area contributed by atoms with Crippen LogP contribution in [0.25, 0.3) is 0 Å². The molecule has 1 aliphatic rings. The zero-order valence-electron chi connectivity index (χ0n) is 12.2. The highest BCUT2D eigenvalue weighted by Crippen LogP contribution is 2.15. The fourth-order valence-corrected chi connectivity index (χ4v) is 2.70. The van der Waals surface area contributed by atoms with E-state index in [0.717, 1.165) is 19.5 Å². The summed E-state index contributed by atoms with van der Waals surface area (Å²) in [6.07, 6.45) is 2.36. The number of piperidine rings is 1. The maximum absolute atomic E-state index is 12.1. The Hall–Kier alpha value is -1.51. The lowest BCUT2D eigenvalue weighted by Gasteiger charge is -2.31. The number of urea groups is 1. The molecule has 104 valence electrons. The fourth-order valence-electron chi connectivity index (χ4n) is 2.70. The molecule has 0 spiro atoms. The van der Waals surface area contributed by atoms with Gasteiger partial charge in [0.1, 0.15) is 0 Å². The molecule has 1 aliphatic heterocycles. The molecule has 3 nitrogen and oxygen atoms in total. The Kier molecular flexibility index (Phi) is 4.46. The highest BCUT2D eigenvalue weighted by atomic mass is 16.2. The molecule has 19 heavy (non-hydrogen) atoms. The van der Waals surface area contributed by atoms with Crippen LogP contribution in [0.4, 0.5) is 4.79 Å². The molecule has 1 atom stereocenters. The summed E-state index contributed by atoms with van der Waals surface area (Å²) in [6.45, 7) is 8.79. The van der Waals surface area contributed by atoms with Crippen LogP contribution in [0, 0.1) is 19.8 Å². The fraction of sp³-hybridized carbons (Fsp3) is 0.562. The molecule has 0 bridgehead atoms. The highest BCUT2D eigenvalue weighted by Gasteiger charge is 2.20. The molecule has 1 heterocycles. The zero-order chi connectivity index (χ0) is 13.8. The molecule has 3 heteroatoms. The number of carbonyl (C=O) groups excluding carboxylic acids is 1. The third kappa shape index (κ3) is 3.72. The number of carbonyl (C=O) groups is 1. The van der Waals surface area contributed by atoms with E-state index in [9.17, 15) is 4.79 Å². The van der Waals surface area contributed by atoms with Crippen molar-refractivity contribution >= 4 is 6.03 Å². The van der Waals surface area contributed by atoms with Crippen molar-refractivity contribution in [3.63, 3.8) is 0 Å². The van der Waals surface area contributed by atoms with Crippen molar-refractivity contribution in [1.82, 2.24) is 10.2 Å². The molecular weight excluding hydrogens is 236 g/mol. The molecule has 2 amide bonds. The first-order valence-corrected chi connectivity index (χ1v) is 7.15. The number of benzene rings is 1. The number of nitrogens with one attached hydrogen (secondary N) is 1. The minimum atomic E-state index is 0.0755. The summed E-state index contributed by atoms with van der Waals surface area (Å²) >= 11 is 0. The second kappa shape index (κ2) is 6.09. The Bertz CT molecular complexity index is 456. The van der Waals surface area contributed by atoms with Crippen molar-refractivity contribution in [2.45, 2.75) is 40.2 Å². The van der Waals surface area contributed by atoms with Crippen LogP contribution < -0.4 is 5.32 Å². The summed E-state index contributed by atoms with van der Waals surface area (Å²) < 4.78 is 0. The number of aryl methyl sites for hydroxylation is 2. The van der Waals surface area contributed by atoms with Gasteiger partial charge < -0.3 is 10.2 Å². The van der Waals surface area contributed by atoms with Crippen LogP contribution in [0.1, 0.15) is 36.5 Å². The minimum absolute atomic E-state index is 0.0755. The first kappa shape index (κ1) is 13.9. The zero-order valence-corrected chi connectivity index (χ0v) is 12.2. The summed E-state index contributed by atoms with van der Waals surface area (Å²) in [6, 6.07) is 6.43. The second-order valence-corrected chi connectivity index (χ2v) is 5.78. The van der Waals surface area contributed by atoms with E-state index in [4.69, 9.17) is 0 Å². The number of hydrogen-bond donors (Lipinski definition) is 1. The van der Waals surface area contributed by atoms with E-state index in [1.165, 1.54) is 23.1 Å². The van der Waals surface area contributed by atoms with Crippen molar-refractivity contribution in [2.75, 3.05) is 13.1 Å². The third-order valence-corrected chi connectivity index (χ3v) is 3.87. The Balaban J connectivity index is 1.89. The second-order valence-electron chi connectivity index (χ2n) is 5.78. The van der Waals surface area contributed by atoms with Gasteiger partial charge >= 0.3 is 6.03 Å². The summed E-state index contributed by atoms with van der Waals surface area (Å²) in [5.41, 5.74) is 3.70.